The number of amides is 1. The third kappa shape index (κ3) is 4.01. The van der Waals surface area contributed by atoms with E-state index in [0.29, 0.717) is 0 Å². The second-order valence-electron chi connectivity index (χ2n) is 5.33. The number of ether oxygens (including phenoxy) is 1. The van der Waals surface area contributed by atoms with Crippen LogP contribution in [0, 0.1) is 5.92 Å². The number of carbonyl (C=O) groups is 2. The second-order valence-corrected chi connectivity index (χ2v) is 7.67. The highest BCUT2D eigenvalue weighted by molar-refractivity contribution is 7.89. The molecule has 1 saturated heterocycles. The zero-order valence-electron chi connectivity index (χ0n) is 12.5. The van der Waals surface area contributed by atoms with Gasteiger partial charge in [-0.05, 0) is 18.2 Å². The van der Waals surface area contributed by atoms with Gasteiger partial charge >= 0.3 is 0 Å². The summed E-state index contributed by atoms with van der Waals surface area (Å²) < 4.78 is 32.0. The average Bonchev–Trinajstić information content (AvgIpc) is 2.48. The van der Waals surface area contributed by atoms with Crippen molar-refractivity contribution in [1.29, 1.82) is 0 Å². The number of rotatable bonds is 5. The summed E-state index contributed by atoms with van der Waals surface area (Å²) in [6.07, 6.45) is 0.165. The molecule has 0 aromatic heterocycles. The largest absolute Gasteiger partial charge is 0.482 e. The van der Waals surface area contributed by atoms with Crippen LogP contribution in [-0.2, 0) is 19.6 Å². The summed E-state index contributed by atoms with van der Waals surface area (Å²) in [5, 5.41) is 0.219. The van der Waals surface area contributed by atoms with E-state index in [4.69, 9.17) is 22.1 Å². The van der Waals surface area contributed by atoms with E-state index in [9.17, 15) is 18.0 Å². The average molecular weight is 361 g/mol. The fourth-order valence-electron chi connectivity index (χ4n) is 2.29. The van der Waals surface area contributed by atoms with Crippen LogP contribution in [0.25, 0.3) is 0 Å². The summed E-state index contributed by atoms with van der Waals surface area (Å²) in [7, 11) is -3.90. The van der Waals surface area contributed by atoms with Crippen LogP contribution in [0.5, 0.6) is 5.75 Å². The Labute approximate surface area is 139 Å². The van der Waals surface area contributed by atoms with Gasteiger partial charge in [0.05, 0.1) is 0 Å². The highest BCUT2D eigenvalue weighted by atomic mass is 35.5. The number of hydrogen-bond donors (Lipinski definition) is 1. The van der Waals surface area contributed by atoms with Crippen molar-refractivity contribution >= 4 is 33.3 Å². The highest BCUT2D eigenvalue weighted by Crippen LogP contribution is 2.31. The Balaban J connectivity index is 2.36. The molecule has 1 fully saturated rings. The van der Waals surface area contributed by atoms with Crippen molar-refractivity contribution in [3.8, 4) is 5.75 Å². The summed E-state index contributed by atoms with van der Waals surface area (Å²) in [4.78, 5) is 22.3. The molecule has 1 aliphatic heterocycles. The van der Waals surface area contributed by atoms with Crippen molar-refractivity contribution in [3.05, 3.63) is 23.2 Å². The topological polar surface area (TPSA) is 107 Å². The molecular formula is C14H17ClN2O5S. The van der Waals surface area contributed by atoms with E-state index in [-0.39, 0.29) is 46.9 Å². The van der Waals surface area contributed by atoms with Crippen LogP contribution in [0.2, 0.25) is 5.02 Å². The smallest absolute Gasteiger partial charge is 0.255 e. The monoisotopic (exact) mass is 360 g/mol. The Kier molecular flexibility index (Phi) is 5.28. The first kappa shape index (κ1) is 17.7. The maximum absolute atomic E-state index is 12.8. The molecule has 0 aliphatic carbocycles. The highest BCUT2D eigenvalue weighted by Gasteiger charge is 2.34. The minimum absolute atomic E-state index is 0.00208. The molecular weight excluding hydrogens is 344 g/mol. The predicted octanol–water partition coefficient (Wildman–Crippen LogP) is 0.804. The summed E-state index contributed by atoms with van der Waals surface area (Å²) in [6, 6.07) is 4.09. The first-order valence-corrected chi connectivity index (χ1v) is 8.77. The van der Waals surface area contributed by atoms with Crippen LogP contribution < -0.4 is 10.5 Å². The second kappa shape index (κ2) is 6.86. The summed E-state index contributed by atoms with van der Waals surface area (Å²) in [5.74, 6) is -1.06. The molecule has 0 saturated carbocycles. The number of ketones is 1. The predicted molar refractivity (Wildman–Crippen MR) is 83.7 cm³/mol. The van der Waals surface area contributed by atoms with Gasteiger partial charge in [0, 0.05) is 30.5 Å². The van der Waals surface area contributed by atoms with Crippen molar-refractivity contribution in [1.82, 2.24) is 4.31 Å². The van der Waals surface area contributed by atoms with Crippen LogP contribution in [-0.4, -0.2) is 44.1 Å². The van der Waals surface area contributed by atoms with Crippen molar-refractivity contribution in [2.75, 3.05) is 19.7 Å². The lowest BCUT2D eigenvalue weighted by Gasteiger charge is -2.29. The van der Waals surface area contributed by atoms with Crippen LogP contribution in [0.1, 0.15) is 13.3 Å². The number of hydrogen-bond acceptors (Lipinski definition) is 5. The number of nitrogens with zero attached hydrogens (tertiary/aromatic N) is 1. The maximum atomic E-state index is 12.8. The molecule has 1 aliphatic rings. The summed E-state index contributed by atoms with van der Waals surface area (Å²) in [6.45, 7) is 1.45. The van der Waals surface area contributed by atoms with Gasteiger partial charge in [-0.3, -0.25) is 9.59 Å². The van der Waals surface area contributed by atoms with Gasteiger partial charge in [0.15, 0.2) is 6.61 Å². The Morgan fingerprint density at radius 2 is 2.17 bits per heavy atom. The van der Waals surface area contributed by atoms with E-state index in [1.807, 2.05) is 0 Å². The van der Waals surface area contributed by atoms with Crippen LogP contribution in [0.15, 0.2) is 23.1 Å². The third-order valence-electron chi connectivity index (χ3n) is 3.53. The summed E-state index contributed by atoms with van der Waals surface area (Å²) in [5.41, 5.74) is 5.02. The Bertz CT molecular complexity index is 735. The molecule has 1 amide bonds. The minimum Gasteiger partial charge on any atom is -0.482 e. The SMILES string of the molecule is C[C@@H]1CN(S(=O)(=O)c2cc(Cl)ccc2OCC(N)=O)CCC1=O. The number of primary amides is 1. The molecule has 1 atom stereocenters. The number of halogens is 1. The third-order valence-corrected chi connectivity index (χ3v) is 5.65. The molecule has 9 heteroatoms. The van der Waals surface area contributed by atoms with Crippen molar-refractivity contribution in [3.63, 3.8) is 0 Å². The Hall–Kier alpha value is -1.64. The van der Waals surface area contributed by atoms with Gasteiger partial charge in [-0.2, -0.15) is 4.31 Å². The molecule has 0 bridgehead atoms. The number of carbonyl (C=O) groups excluding carboxylic acids is 2. The molecule has 0 radical (unpaired) electrons. The van der Waals surface area contributed by atoms with E-state index in [1.165, 1.54) is 22.5 Å². The zero-order chi connectivity index (χ0) is 17.2. The van der Waals surface area contributed by atoms with Gasteiger partial charge in [-0.25, -0.2) is 8.42 Å². The molecule has 2 N–H and O–H groups in total. The number of nitrogens with two attached hydrogens (primary N) is 1. The molecule has 23 heavy (non-hydrogen) atoms. The molecule has 1 aromatic rings. The van der Waals surface area contributed by atoms with Gasteiger partial charge in [0.1, 0.15) is 16.4 Å². The van der Waals surface area contributed by atoms with E-state index in [2.05, 4.69) is 0 Å². The number of benzene rings is 1. The quantitative estimate of drug-likeness (QED) is 0.835. The van der Waals surface area contributed by atoms with Crippen molar-refractivity contribution in [2.45, 2.75) is 18.2 Å². The van der Waals surface area contributed by atoms with E-state index >= 15 is 0 Å². The van der Waals surface area contributed by atoms with Gasteiger partial charge in [0.2, 0.25) is 10.0 Å². The van der Waals surface area contributed by atoms with Gasteiger partial charge in [-0.1, -0.05) is 18.5 Å². The fraction of sp³-hybridized carbons (Fsp3) is 0.429. The van der Waals surface area contributed by atoms with E-state index < -0.39 is 22.5 Å². The molecule has 1 aromatic carbocycles. The van der Waals surface area contributed by atoms with Gasteiger partial charge in [0.25, 0.3) is 5.91 Å². The van der Waals surface area contributed by atoms with E-state index in [1.54, 1.807) is 6.92 Å². The minimum atomic E-state index is -3.90. The van der Waals surface area contributed by atoms with Gasteiger partial charge < -0.3 is 10.5 Å². The van der Waals surface area contributed by atoms with Gasteiger partial charge in [-0.15, -0.1) is 0 Å². The maximum Gasteiger partial charge on any atom is 0.255 e. The Morgan fingerprint density at radius 1 is 1.48 bits per heavy atom. The number of piperidine rings is 1. The molecule has 7 nitrogen and oxygen atoms in total. The molecule has 1 heterocycles. The summed E-state index contributed by atoms with van der Waals surface area (Å²) >= 11 is 5.89. The molecule has 0 spiro atoms. The fourth-order valence-corrected chi connectivity index (χ4v) is 4.21. The number of Topliss-reactive ketones (excluding diaryl/α,β-unsaturated/α-hetero) is 1. The van der Waals surface area contributed by atoms with Crippen LogP contribution >= 0.6 is 11.6 Å². The number of sulfonamides is 1. The van der Waals surface area contributed by atoms with Crippen LogP contribution in [0.4, 0.5) is 0 Å². The van der Waals surface area contributed by atoms with Crippen LogP contribution in [0.3, 0.4) is 0 Å². The normalized spacial score (nSPS) is 19.6. The first-order chi connectivity index (χ1) is 10.7. The standard InChI is InChI=1S/C14H17ClN2O5S/c1-9-7-17(5-4-11(9)18)23(20,21)13-6-10(15)2-3-12(13)22-8-14(16)19/h2-3,6,9H,4-5,7-8H2,1H3,(H2,16,19)/t9-/m1/s1. The lowest BCUT2D eigenvalue weighted by Crippen LogP contribution is -2.43. The zero-order valence-corrected chi connectivity index (χ0v) is 14.1. The lowest BCUT2D eigenvalue weighted by atomic mass is 10.0. The lowest BCUT2D eigenvalue weighted by molar-refractivity contribution is -0.124. The van der Waals surface area contributed by atoms with Crippen molar-refractivity contribution < 1.29 is 22.7 Å². The molecule has 2 rings (SSSR count). The van der Waals surface area contributed by atoms with Crippen molar-refractivity contribution in [2.24, 2.45) is 11.7 Å². The molecule has 0 unspecified atom stereocenters. The first-order valence-electron chi connectivity index (χ1n) is 6.95. The Morgan fingerprint density at radius 3 is 2.78 bits per heavy atom. The molecule has 126 valence electrons. The van der Waals surface area contributed by atoms with E-state index in [0.717, 1.165) is 0 Å².